The molecule has 2 aromatic carbocycles. The molecule has 4 aromatic rings. The standard InChI is InChI=1S/C21H18FN3O/c22-14-9-11-18-16(12-14)15(5-3-7-20(23)26)21(25-18)19-10-8-13-4-1-2-6-17(13)24-19/h1-2,4,6,8-12,25H,3,5,7H2,(H2,23,26). The summed E-state index contributed by atoms with van der Waals surface area (Å²) in [5, 5.41) is 1.88. The highest BCUT2D eigenvalue weighted by Crippen LogP contribution is 2.32. The molecule has 0 bridgehead atoms. The zero-order valence-electron chi connectivity index (χ0n) is 14.1. The van der Waals surface area contributed by atoms with Crippen molar-refractivity contribution < 1.29 is 9.18 Å². The Labute approximate surface area is 149 Å². The molecule has 4 nitrogen and oxygen atoms in total. The highest BCUT2D eigenvalue weighted by atomic mass is 19.1. The third-order valence-electron chi connectivity index (χ3n) is 4.57. The number of H-pyrrole nitrogens is 1. The average Bonchev–Trinajstić information content (AvgIpc) is 2.99. The number of carbonyl (C=O) groups is 1. The Morgan fingerprint density at radius 3 is 2.81 bits per heavy atom. The normalized spacial score (nSPS) is 11.3. The zero-order chi connectivity index (χ0) is 18.1. The van der Waals surface area contributed by atoms with E-state index in [-0.39, 0.29) is 11.7 Å². The van der Waals surface area contributed by atoms with Crippen LogP contribution in [-0.2, 0) is 11.2 Å². The number of halogens is 1. The molecule has 130 valence electrons. The van der Waals surface area contributed by atoms with E-state index in [4.69, 9.17) is 10.7 Å². The Bertz CT molecular complexity index is 1120. The number of rotatable bonds is 5. The summed E-state index contributed by atoms with van der Waals surface area (Å²) in [6, 6.07) is 16.6. The summed E-state index contributed by atoms with van der Waals surface area (Å²) in [5.41, 5.74) is 9.64. The lowest BCUT2D eigenvalue weighted by atomic mass is 10.0. The van der Waals surface area contributed by atoms with Crippen LogP contribution < -0.4 is 5.73 Å². The lowest BCUT2D eigenvalue weighted by molar-refractivity contribution is -0.118. The number of fused-ring (bicyclic) bond motifs is 2. The summed E-state index contributed by atoms with van der Waals surface area (Å²) in [5.74, 6) is -0.618. The van der Waals surface area contributed by atoms with E-state index in [0.717, 1.165) is 38.8 Å². The van der Waals surface area contributed by atoms with Gasteiger partial charge in [-0.25, -0.2) is 9.37 Å². The smallest absolute Gasteiger partial charge is 0.217 e. The predicted molar refractivity (Wildman–Crippen MR) is 101 cm³/mol. The number of benzene rings is 2. The van der Waals surface area contributed by atoms with Gasteiger partial charge in [-0.2, -0.15) is 0 Å². The number of amides is 1. The maximum absolute atomic E-state index is 13.8. The Kier molecular flexibility index (Phi) is 4.13. The van der Waals surface area contributed by atoms with E-state index in [0.29, 0.717) is 19.3 Å². The number of para-hydroxylation sites is 1. The summed E-state index contributed by atoms with van der Waals surface area (Å²) >= 11 is 0. The molecule has 2 aromatic heterocycles. The van der Waals surface area contributed by atoms with E-state index in [1.165, 1.54) is 12.1 Å². The number of nitrogens with two attached hydrogens (primary N) is 1. The minimum Gasteiger partial charge on any atom is -0.370 e. The molecule has 0 aliphatic heterocycles. The molecular weight excluding hydrogens is 329 g/mol. The number of hydrogen-bond donors (Lipinski definition) is 2. The van der Waals surface area contributed by atoms with Crippen molar-refractivity contribution >= 4 is 27.7 Å². The van der Waals surface area contributed by atoms with Crippen molar-refractivity contribution in [3.63, 3.8) is 0 Å². The Morgan fingerprint density at radius 2 is 1.96 bits per heavy atom. The van der Waals surface area contributed by atoms with Crippen LogP contribution in [-0.4, -0.2) is 15.9 Å². The second-order valence-electron chi connectivity index (χ2n) is 6.38. The van der Waals surface area contributed by atoms with Crippen LogP contribution in [0.5, 0.6) is 0 Å². The second kappa shape index (κ2) is 6.59. The first-order valence-electron chi connectivity index (χ1n) is 8.56. The van der Waals surface area contributed by atoms with Crippen molar-refractivity contribution in [1.82, 2.24) is 9.97 Å². The molecule has 2 heterocycles. The summed E-state index contributed by atoms with van der Waals surface area (Å²) in [7, 11) is 0. The van der Waals surface area contributed by atoms with E-state index in [2.05, 4.69) is 4.98 Å². The number of aromatic amines is 1. The quantitative estimate of drug-likeness (QED) is 0.564. The predicted octanol–water partition coefficient (Wildman–Crippen LogP) is 4.33. The molecule has 5 heteroatoms. The summed E-state index contributed by atoms with van der Waals surface area (Å²) in [6.45, 7) is 0. The van der Waals surface area contributed by atoms with Crippen LogP contribution in [0.3, 0.4) is 0 Å². The SMILES string of the molecule is NC(=O)CCCc1c(-c2ccc3ccccc3n2)[nH]c2ccc(F)cc12. The first-order chi connectivity index (χ1) is 12.6. The van der Waals surface area contributed by atoms with E-state index < -0.39 is 0 Å². The monoisotopic (exact) mass is 347 g/mol. The largest absolute Gasteiger partial charge is 0.370 e. The zero-order valence-corrected chi connectivity index (χ0v) is 14.1. The van der Waals surface area contributed by atoms with E-state index in [1.807, 2.05) is 36.4 Å². The summed E-state index contributed by atoms with van der Waals surface area (Å²) in [4.78, 5) is 19.2. The van der Waals surface area contributed by atoms with Gasteiger partial charge in [-0.1, -0.05) is 24.3 Å². The van der Waals surface area contributed by atoms with Crippen LogP contribution in [0, 0.1) is 5.82 Å². The molecule has 0 radical (unpaired) electrons. The highest BCUT2D eigenvalue weighted by molar-refractivity contribution is 5.91. The van der Waals surface area contributed by atoms with E-state index in [1.54, 1.807) is 6.07 Å². The van der Waals surface area contributed by atoms with Crippen molar-refractivity contribution in [2.24, 2.45) is 5.73 Å². The lowest BCUT2D eigenvalue weighted by Crippen LogP contribution is -2.10. The van der Waals surface area contributed by atoms with Gasteiger partial charge in [0, 0.05) is 22.7 Å². The third kappa shape index (κ3) is 3.04. The van der Waals surface area contributed by atoms with Crippen LogP contribution in [0.25, 0.3) is 33.2 Å². The Morgan fingerprint density at radius 1 is 1.12 bits per heavy atom. The van der Waals surface area contributed by atoms with Crippen LogP contribution in [0.1, 0.15) is 18.4 Å². The van der Waals surface area contributed by atoms with Gasteiger partial charge in [-0.15, -0.1) is 0 Å². The van der Waals surface area contributed by atoms with Crippen molar-refractivity contribution in [2.45, 2.75) is 19.3 Å². The summed E-state index contributed by atoms with van der Waals surface area (Å²) < 4.78 is 13.8. The van der Waals surface area contributed by atoms with Gasteiger partial charge in [0.15, 0.2) is 0 Å². The van der Waals surface area contributed by atoms with Gasteiger partial charge in [-0.05, 0) is 48.7 Å². The molecule has 0 fully saturated rings. The topological polar surface area (TPSA) is 71.8 Å². The number of nitrogens with one attached hydrogen (secondary N) is 1. The molecule has 0 spiro atoms. The van der Waals surface area contributed by atoms with Gasteiger partial charge >= 0.3 is 0 Å². The Balaban J connectivity index is 1.84. The van der Waals surface area contributed by atoms with Crippen LogP contribution >= 0.6 is 0 Å². The first-order valence-corrected chi connectivity index (χ1v) is 8.56. The number of aryl methyl sites for hydroxylation is 1. The van der Waals surface area contributed by atoms with Crippen molar-refractivity contribution in [1.29, 1.82) is 0 Å². The molecule has 0 atom stereocenters. The summed E-state index contributed by atoms with van der Waals surface area (Å²) in [6.07, 6.45) is 1.53. The third-order valence-corrected chi connectivity index (χ3v) is 4.57. The molecule has 3 N–H and O–H groups in total. The van der Waals surface area contributed by atoms with Gasteiger partial charge < -0.3 is 10.7 Å². The average molecular weight is 347 g/mol. The number of hydrogen-bond acceptors (Lipinski definition) is 2. The number of primary amides is 1. The van der Waals surface area contributed by atoms with Gasteiger partial charge in [0.05, 0.1) is 16.9 Å². The molecular formula is C21H18FN3O. The van der Waals surface area contributed by atoms with Crippen LogP contribution in [0.4, 0.5) is 4.39 Å². The molecule has 1 amide bonds. The molecule has 4 rings (SSSR count). The van der Waals surface area contributed by atoms with Gasteiger partial charge in [0.2, 0.25) is 5.91 Å². The van der Waals surface area contributed by atoms with Crippen LogP contribution in [0.2, 0.25) is 0 Å². The Hall–Kier alpha value is -3.21. The highest BCUT2D eigenvalue weighted by Gasteiger charge is 2.15. The van der Waals surface area contributed by atoms with Crippen molar-refractivity contribution in [3.8, 4) is 11.4 Å². The lowest BCUT2D eigenvalue weighted by Gasteiger charge is -2.06. The second-order valence-corrected chi connectivity index (χ2v) is 6.38. The van der Waals surface area contributed by atoms with E-state index in [9.17, 15) is 9.18 Å². The van der Waals surface area contributed by atoms with Gasteiger partial charge in [0.1, 0.15) is 5.82 Å². The first kappa shape index (κ1) is 16.3. The number of aromatic nitrogens is 2. The van der Waals surface area contributed by atoms with Gasteiger partial charge in [0.25, 0.3) is 0 Å². The maximum Gasteiger partial charge on any atom is 0.217 e. The molecule has 0 unspecified atom stereocenters. The van der Waals surface area contributed by atoms with Crippen molar-refractivity contribution in [3.05, 3.63) is 66.0 Å². The minimum atomic E-state index is -0.332. The molecule has 26 heavy (non-hydrogen) atoms. The molecule has 0 saturated heterocycles. The van der Waals surface area contributed by atoms with Crippen molar-refractivity contribution in [2.75, 3.05) is 0 Å². The molecule has 0 aliphatic rings. The fourth-order valence-corrected chi connectivity index (χ4v) is 3.34. The molecule has 0 aliphatic carbocycles. The minimum absolute atomic E-state index is 0.286. The number of carbonyl (C=O) groups excluding carboxylic acids is 1. The maximum atomic E-state index is 13.8. The number of nitrogens with zero attached hydrogens (tertiary/aromatic N) is 1. The van der Waals surface area contributed by atoms with Gasteiger partial charge in [-0.3, -0.25) is 4.79 Å². The van der Waals surface area contributed by atoms with E-state index >= 15 is 0 Å². The fraction of sp³-hybridized carbons (Fsp3) is 0.143. The van der Waals surface area contributed by atoms with Crippen LogP contribution in [0.15, 0.2) is 54.6 Å². The fourth-order valence-electron chi connectivity index (χ4n) is 3.34. The molecule has 0 saturated carbocycles. The number of pyridine rings is 1.